The smallest absolute Gasteiger partial charge is 0.245 e. The number of rotatable bonds is 2. The summed E-state index contributed by atoms with van der Waals surface area (Å²) in [5.74, 6) is 0. The number of hydrogen-bond acceptors (Lipinski definition) is 2. The third-order valence-corrected chi connectivity index (χ3v) is 1.86. The summed E-state index contributed by atoms with van der Waals surface area (Å²) in [5, 5.41) is 18.4. The molecule has 0 saturated heterocycles. The minimum atomic E-state index is -2.14. The van der Waals surface area contributed by atoms with Gasteiger partial charge in [-0.25, -0.2) is 0 Å². The van der Waals surface area contributed by atoms with E-state index in [1.807, 2.05) is 0 Å². The molecule has 2 nitrogen and oxygen atoms in total. The summed E-state index contributed by atoms with van der Waals surface area (Å²) in [6.45, 7) is 0. The van der Waals surface area contributed by atoms with Crippen LogP contribution in [0.5, 0.6) is 0 Å². The van der Waals surface area contributed by atoms with Gasteiger partial charge in [-0.05, 0) is 5.56 Å². The van der Waals surface area contributed by atoms with Crippen LogP contribution < -0.4 is 0 Å². The molecule has 0 aliphatic carbocycles. The first-order chi connectivity index (χ1) is 5.52. The van der Waals surface area contributed by atoms with Crippen molar-refractivity contribution in [2.45, 2.75) is 10.6 Å². The van der Waals surface area contributed by atoms with Crippen LogP contribution in [0.15, 0.2) is 30.3 Å². The van der Waals surface area contributed by atoms with Crippen LogP contribution in [0.2, 0.25) is 0 Å². The van der Waals surface area contributed by atoms with Gasteiger partial charge < -0.3 is 10.2 Å². The van der Waals surface area contributed by atoms with Gasteiger partial charge in [0.25, 0.3) is 0 Å². The molecule has 0 amide bonds. The molecule has 0 saturated carbocycles. The van der Waals surface area contributed by atoms with E-state index in [1.54, 1.807) is 30.3 Å². The summed E-state index contributed by atoms with van der Waals surface area (Å²) >= 11 is 10.6. The highest BCUT2D eigenvalue weighted by atomic mass is 35.5. The summed E-state index contributed by atoms with van der Waals surface area (Å²) in [6, 6.07) is 8.48. The molecule has 1 atom stereocenters. The van der Waals surface area contributed by atoms with Crippen LogP contribution in [-0.2, 0) is 0 Å². The van der Waals surface area contributed by atoms with Crippen molar-refractivity contribution in [3.63, 3.8) is 0 Å². The van der Waals surface area contributed by atoms with Gasteiger partial charge in [-0.3, -0.25) is 0 Å². The van der Waals surface area contributed by atoms with E-state index in [0.29, 0.717) is 5.56 Å². The molecule has 66 valence electrons. The van der Waals surface area contributed by atoms with Crippen molar-refractivity contribution in [1.29, 1.82) is 0 Å². The van der Waals surface area contributed by atoms with Gasteiger partial charge in [0.2, 0.25) is 4.52 Å². The molecular weight excluding hydrogens is 199 g/mol. The fourth-order valence-corrected chi connectivity index (χ4v) is 1.09. The molecule has 0 radical (unpaired) electrons. The Kier molecular flexibility index (Phi) is 2.96. The fourth-order valence-electron chi connectivity index (χ4n) is 0.836. The Balaban J connectivity index is 2.86. The first kappa shape index (κ1) is 9.81. The topological polar surface area (TPSA) is 40.5 Å². The molecule has 0 heterocycles. The van der Waals surface area contributed by atoms with E-state index in [2.05, 4.69) is 0 Å². The van der Waals surface area contributed by atoms with Crippen LogP contribution in [0.25, 0.3) is 0 Å². The van der Waals surface area contributed by atoms with Crippen LogP contribution in [0.1, 0.15) is 11.7 Å². The number of benzene rings is 1. The van der Waals surface area contributed by atoms with E-state index in [4.69, 9.17) is 28.3 Å². The normalized spacial score (nSPS) is 14.3. The number of hydrogen-bond donors (Lipinski definition) is 2. The minimum absolute atomic E-state index is 0.477. The molecular formula is C8H8Cl2O2. The Hall–Kier alpha value is -0.280. The number of aliphatic hydroxyl groups is 2. The van der Waals surface area contributed by atoms with Crippen molar-refractivity contribution in [2.75, 3.05) is 0 Å². The van der Waals surface area contributed by atoms with E-state index < -0.39 is 10.6 Å². The van der Waals surface area contributed by atoms with E-state index >= 15 is 0 Å². The van der Waals surface area contributed by atoms with Gasteiger partial charge in [0.15, 0.2) is 0 Å². The van der Waals surface area contributed by atoms with Crippen molar-refractivity contribution in [3.8, 4) is 0 Å². The van der Waals surface area contributed by atoms with Crippen molar-refractivity contribution in [3.05, 3.63) is 35.9 Å². The molecule has 1 unspecified atom stereocenters. The van der Waals surface area contributed by atoms with Gasteiger partial charge in [0.1, 0.15) is 6.10 Å². The summed E-state index contributed by atoms with van der Waals surface area (Å²) in [7, 11) is 0. The summed E-state index contributed by atoms with van der Waals surface area (Å²) in [4.78, 5) is 0. The maximum absolute atomic E-state index is 9.34. The van der Waals surface area contributed by atoms with E-state index in [0.717, 1.165) is 0 Å². The molecule has 4 heteroatoms. The molecule has 0 aliphatic rings. The van der Waals surface area contributed by atoms with Gasteiger partial charge in [-0.1, -0.05) is 53.5 Å². The Morgan fingerprint density at radius 1 is 1.17 bits per heavy atom. The molecule has 0 aromatic heterocycles. The Morgan fingerprint density at radius 3 is 2.08 bits per heavy atom. The first-order valence-electron chi connectivity index (χ1n) is 3.35. The molecule has 2 N–H and O–H groups in total. The van der Waals surface area contributed by atoms with Gasteiger partial charge in [-0.2, -0.15) is 0 Å². The molecule has 0 spiro atoms. The van der Waals surface area contributed by atoms with Crippen molar-refractivity contribution in [1.82, 2.24) is 0 Å². The van der Waals surface area contributed by atoms with Gasteiger partial charge >= 0.3 is 0 Å². The zero-order chi connectivity index (χ0) is 9.19. The summed E-state index contributed by atoms with van der Waals surface area (Å²) in [6.07, 6.45) is -1.29. The lowest BCUT2D eigenvalue weighted by atomic mass is 10.1. The van der Waals surface area contributed by atoms with Crippen LogP contribution in [0.3, 0.4) is 0 Å². The largest absolute Gasteiger partial charge is 0.383 e. The number of halogens is 2. The molecule has 0 aliphatic heterocycles. The van der Waals surface area contributed by atoms with Crippen molar-refractivity contribution >= 4 is 23.2 Å². The number of aliphatic hydroxyl groups excluding tert-OH is 1. The van der Waals surface area contributed by atoms with E-state index in [1.165, 1.54) is 0 Å². The van der Waals surface area contributed by atoms with Gasteiger partial charge in [0.05, 0.1) is 0 Å². The van der Waals surface area contributed by atoms with Crippen LogP contribution in [0, 0.1) is 0 Å². The second-order valence-corrected chi connectivity index (χ2v) is 3.75. The molecule has 1 aromatic rings. The van der Waals surface area contributed by atoms with Gasteiger partial charge in [-0.15, -0.1) is 0 Å². The SMILES string of the molecule is OC(c1ccccc1)C(O)(Cl)Cl. The minimum Gasteiger partial charge on any atom is -0.383 e. The van der Waals surface area contributed by atoms with E-state index in [9.17, 15) is 5.11 Å². The highest BCUT2D eigenvalue weighted by Gasteiger charge is 2.31. The molecule has 1 aromatic carbocycles. The van der Waals surface area contributed by atoms with Crippen LogP contribution in [0.4, 0.5) is 0 Å². The second-order valence-electron chi connectivity index (χ2n) is 2.40. The third kappa shape index (κ3) is 2.35. The zero-order valence-electron chi connectivity index (χ0n) is 6.11. The Bertz CT molecular complexity index is 243. The Labute approximate surface area is 80.4 Å². The summed E-state index contributed by atoms with van der Waals surface area (Å²) < 4.78 is -2.14. The number of alkyl halides is 2. The predicted molar refractivity (Wildman–Crippen MR) is 48.1 cm³/mol. The molecule has 0 bridgehead atoms. The zero-order valence-corrected chi connectivity index (χ0v) is 7.63. The maximum atomic E-state index is 9.34. The standard InChI is InChI=1S/C8H8Cl2O2/c9-8(10,12)7(11)6-4-2-1-3-5-6/h1-5,7,11-12H. The Morgan fingerprint density at radius 2 is 1.67 bits per heavy atom. The highest BCUT2D eigenvalue weighted by molar-refractivity contribution is 6.47. The summed E-state index contributed by atoms with van der Waals surface area (Å²) in [5.41, 5.74) is 0.477. The van der Waals surface area contributed by atoms with Crippen molar-refractivity contribution < 1.29 is 10.2 Å². The lowest BCUT2D eigenvalue weighted by Gasteiger charge is -2.19. The van der Waals surface area contributed by atoms with E-state index in [-0.39, 0.29) is 0 Å². The van der Waals surface area contributed by atoms with Gasteiger partial charge in [0, 0.05) is 0 Å². The monoisotopic (exact) mass is 206 g/mol. The maximum Gasteiger partial charge on any atom is 0.245 e. The molecule has 1 rings (SSSR count). The first-order valence-corrected chi connectivity index (χ1v) is 4.10. The lowest BCUT2D eigenvalue weighted by molar-refractivity contribution is 0.0412. The molecule has 12 heavy (non-hydrogen) atoms. The lowest BCUT2D eigenvalue weighted by Crippen LogP contribution is -2.22. The van der Waals surface area contributed by atoms with Crippen LogP contribution in [-0.4, -0.2) is 14.7 Å². The average molecular weight is 207 g/mol. The highest BCUT2D eigenvalue weighted by Crippen LogP contribution is 2.32. The fraction of sp³-hybridized carbons (Fsp3) is 0.250. The third-order valence-electron chi connectivity index (χ3n) is 1.44. The predicted octanol–water partition coefficient (Wildman–Crippen LogP) is 1.84. The average Bonchev–Trinajstić information content (AvgIpc) is 2.03. The second kappa shape index (κ2) is 3.62. The molecule has 0 fully saturated rings. The van der Waals surface area contributed by atoms with Crippen molar-refractivity contribution in [2.24, 2.45) is 0 Å². The van der Waals surface area contributed by atoms with Crippen LogP contribution >= 0.6 is 23.2 Å². The quantitative estimate of drug-likeness (QED) is 0.726.